The van der Waals surface area contributed by atoms with Crippen LogP contribution in [0.5, 0.6) is 0 Å². The first-order valence-electron chi connectivity index (χ1n) is 13.6. The second-order valence-electron chi connectivity index (χ2n) is 12.6. The second-order valence-corrected chi connectivity index (χ2v) is 12.6. The molecule has 4 heteroatoms. The van der Waals surface area contributed by atoms with Crippen molar-refractivity contribution in [3.63, 3.8) is 0 Å². The molecule has 1 aromatic rings. The Hall–Kier alpha value is -1.96. The maximum atomic E-state index is 12.5. The Balaban J connectivity index is 1.31. The van der Waals surface area contributed by atoms with Crippen LogP contribution in [0.2, 0.25) is 0 Å². The average molecular weight is 477 g/mol. The number of hydrogen-bond donors (Lipinski definition) is 2. The summed E-state index contributed by atoms with van der Waals surface area (Å²) in [5.74, 6) is 8.87. The first-order valence-corrected chi connectivity index (χ1v) is 13.6. The number of benzene rings is 1. The van der Waals surface area contributed by atoms with Gasteiger partial charge >= 0.3 is 0 Å². The SMILES string of the molecule is CC(=O)c1ccc(C#C[C@@]2(O)CC[C@@]3(C)[C@H](CC[C@@H]4[C@@H]3CC[C@]3(C)[C@@H](C(=O)CO)CC[C@@H]43)C2)cc1. The number of fused-ring (bicyclic) bond motifs is 5. The van der Waals surface area contributed by atoms with Gasteiger partial charge in [0.15, 0.2) is 11.6 Å². The van der Waals surface area contributed by atoms with Crippen LogP contribution < -0.4 is 0 Å². The van der Waals surface area contributed by atoms with Crippen molar-refractivity contribution in [2.24, 2.45) is 40.4 Å². The van der Waals surface area contributed by atoms with Gasteiger partial charge in [0, 0.05) is 17.0 Å². The highest BCUT2D eigenvalue weighted by atomic mass is 16.3. The lowest BCUT2D eigenvalue weighted by Gasteiger charge is -2.61. The predicted molar refractivity (Wildman–Crippen MR) is 136 cm³/mol. The standard InChI is InChI=1S/C31H40O4/c1-20(33)22-6-4-21(5-7-22)12-15-31(35)17-16-29(2)23(18-31)8-9-24-25-10-11-27(28(34)19-32)30(25,3)14-13-26(24)29/h4-7,23-27,32,35H,8-11,13-14,16-19H2,1-3H3/t23-,24+,25+,26+,27-,29+,30+,31-/m1/s1. The van der Waals surface area contributed by atoms with E-state index in [1.165, 1.54) is 6.42 Å². The minimum atomic E-state index is -0.953. The Morgan fingerprint density at radius 3 is 2.34 bits per heavy atom. The zero-order chi connectivity index (χ0) is 25.0. The molecule has 4 aliphatic carbocycles. The fourth-order valence-electron chi connectivity index (χ4n) is 8.97. The van der Waals surface area contributed by atoms with E-state index in [0.717, 1.165) is 50.5 Å². The Morgan fingerprint density at radius 1 is 0.943 bits per heavy atom. The van der Waals surface area contributed by atoms with Gasteiger partial charge in [-0.25, -0.2) is 0 Å². The molecule has 0 amide bonds. The van der Waals surface area contributed by atoms with Gasteiger partial charge in [-0.3, -0.25) is 9.59 Å². The molecule has 0 bridgehead atoms. The summed E-state index contributed by atoms with van der Waals surface area (Å²) in [5, 5.41) is 21.0. The molecule has 5 rings (SSSR count). The highest BCUT2D eigenvalue weighted by Gasteiger charge is 2.61. The summed E-state index contributed by atoms with van der Waals surface area (Å²) >= 11 is 0. The van der Waals surface area contributed by atoms with Crippen LogP contribution in [0.1, 0.15) is 94.5 Å². The largest absolute Gasteiger partial charge is 0.389 e. The van der Waals surface area contributed by atoms with Crippen molar-refractivity contribution in [2.45, 2.75) is 84.2 Å². The van der Waals surface area contributed by atoms with Crippen LogP contribution in [-0.4, -0.2) is 34.0 Å². The van der Waals surface area contributed by atoms with Crippen molar-refractivity contribution in [2.75, 3.05) is 6.61 Å². The van der Waals surface area contributed by atoms with E-state index in [1.807, 2.05) is 12.1 Å². The van der Waals surface area contributed by atoms with Crippen molar-refractivity contribution >= 4 is 11.6 Å². The summed E-state index contributed by atoms with van der Waals surface area (Å²) < 4.78 is 0. The summed E-state index contributed by atoms with van der Waals surface area (Å²) in [6.45, 7) is 6.03. The third kappa shape index (κ3) is 4.09. The second kappa shape index (κ2) is 8.86. The van der Waals surface area contributed by atoms with Gasteiger partial charge in [0.2, 0.25) is 0 Å². The molecule has 4 nitrogen and oxygen atoms in total. The van der Waals surface area contributed by atoms with Gasteiger partial charge in [0.05, 0.1) is 0 Å². The van der Waals surface area contributed by atoms with Gasteiger partial charge in [0.25, 0.3) is 0 Å². The molecule has 0 spiro atoms. The molecule has 4 fully saturated rings. The Morgan fingerprint density at radius 2 is 1.66 bits per heavy atom. The van der Waals surface area contributed by atoms with E-state index in [0.29, 0.717) is 35.7 Å². The smallest absolute Gasteiger partial charge is 0.161 e. The van der Waals surface area contributed by atoms with Gasteiger partial charge in [-0.15, -0.1) is 0 Å². The average Bonchev–Trinajstić information content (AvgIpc) is 3.20. The van der Waals surface area contributed by atoms with Crippen molar-refractivity contribution < 1.29 is 19.8 Å². The summed E-state index contributed by atoms with van der Waals surface area (Å²) in [4.78, 5) is 24.0. The highest BCUT2D eigenvalue weighted by molar-refractivity contribution is 5.94. The molecule has 0 radical (unpaired) electrons. The molecule has 0 aromatic heterocycles. The van der Waals surface area contributed by atoms with E-state index in [9.17, 15) is 19.8 Å². The molecule has 1 aromatic carbocycles. The number of ketones is 2. The summed E-state index contributed by atoms with van der Waals surface area (Å²) in [6, 6.07) is 7.32. The highest BCUT2D eigenvalue weighted by Crippen LogP contribution is 2.68. The maximum Gasteiger partial charge on any atom is 0.161 e. The fourth-order valence-corrected chi connectivity index (χ4v) is 8.97. The Kier molecular flexibility index (Phi) is 6.26. The Bertz CT molecular complexity index is 1060. The molecule has 188 valence electrons. The number of aliphatic hydroxyl groups excluding tert-OH is 1. The lowest BCUT2D eigenvalue weighted by molar-refractivity contribution is -0.146. The summed E-state index contributed by atoms with van der Waals surface area (Å²) in [6.07, 6.45) is 9.04. The van der Waals surface area contributed by atoms with Crippen LogP contribution in [0.4, 0.5) is 0 Å². The zero-order valence-corrected chi connectivity index (χ0v) is 21.5. The summed E-state index contributed by atoms with van der Waals surface area (Å²) in [5.41, 5.74) is 0.826. The van der Waals surface area contributed by atoms with E-state index in [1.54, 1.807) is 19.1 Å². The minimum absolute atomic E-state index is 0.0280. The molecule has 0 saturated heterocycles. The lowest BCUT2D eigenvalue weighted by atomic mass is 9.44. The number of carbonyl (C=O) groups is 2. The van der Waals surface area contributed by atoms with Crippen LogP contribution in [0, 0.1) is 52.3 Å². The number of Topliss-reactive ketones (excluding diaryl/α,β-unsaturated/α-hetero) is 2. The van der Waals surface area contributed by atoms with E-state index in [4.69, 9.17) is 0 Å². The Labute approximate surface area is 209 Å². The van der Waals surface area contributed by atoms with Gasteiger partial charge in [-0.2, -0.15) is 0 Å². The van der Waals surface area contributed by atoms with Gasteiger partial charge in [0.1, 0.15) is 12.2 Å². The normalized spacial score (nSPS) is 42.1. The molecule has 0 unspecified atom stereocenters. The lowest BCUT2D eigenvalue weighted by Crippen LogP contribution is -2.56. The van der Waals surface area contributed by atoms with Crippen molar-refractivity contribution in [1.82, 2.24) is 0 Å². The molecule has 8 atom stereocenters. The number of aliphatic hydroxyl groups is 2. The number of carbonyl (C=O) groups excluding carboxylic acids is 2. The quantitative estimate of drug-likeness (QED) is 0.465. The molecule has 35 heavy (non-hydrogen) atoms. The van der Waals surface area contributed by atoms with Gasteiger partial charge < -0.3 is 10.2 Å². The molecule has 4 saturated carbocycles. The van der Waals surface area contributed by atoms with Crippen LogP contribution in [0.25, 0.3) is 0 Å². The fraction of sp³-hybridized carbons (Fsp3) is 0.677. The molecule has 4 aliphatic rings. The van der Waals surface area contributed by atoms with E-state index in [2.05, 4.69) is 25.7 Å². The van der Waals surface area contributed by atoms with Crippen LogP contribution in [0.3, 0.4) is 0 Å². The van der Waals surface area contributed by atoms with Crippen molar-refractivity contribution in [3.8, 4) is 11.8 Å². The number of rotatable bonds is 3. The van der Waals surface area contributed by atoms with Gasteiger partial charge in [-0.05, 0) is 111 Å². The van der Waals surface area contributed by atoms with Crippen LogP contribution >= 0.6 is 0 Å². The van der Waals surface area contributed by atoms with E-state index in [-0.39, 0.29) is 34.9 Å². The third-order valence-corrected chi connectivity index (χ3v) is 11.0. The molecular weight excluding hydrogens is 436 g/mol. The molecule has 2 N–H and O–H groups in total. The zero-order valence-electron chi connectivity index (χ0n) is 21.5. The molecule has 0 heterocycles. The van der Waals surface area contributed by atoms with E-state index >= 15 is 0 Å². The number of hydrogen-bond acceptors (Lipinski definition) is 4. The minimum Gasteiger partial charge on any atom is -0.389 e. The first-order chi connectivity index (χ1) is 16.6. The van der Waals surface area contributed by atoms with Gasteiger partial charge in [-0.1, -0.05) is 37.8 Å². The topological polar surface area (TPSA) is 74.6 Å². The summed E-state index contributed by atoms with van der Waals surface area (Å²) in [7, 11) is 0. The predicted octanol–water partition coefficient (Wildman–Crippen LogP) is 5.19. The maximum absolute atomic E-state index is 12.5. The van der Waals surface area contributed by atoms with Crippen LogP contribution in [0.15, 0.2) is 24.3 Å². The van der Waals surface area contributed by atoms with E-state index < -0.39 is 5.60 Å². The van der Waals surface area contributed by atoms with Crippen molar-refractivity contribution in [1.29, 1.82) is 0 Å². The molecular formula is C31H40O4. The monoisotopic (exact) mass is 476 g/mol. The first kappa shape index (κ1) is 24.7. The van der Waals surface area contributed by atoms with Crippen molar-refractivity contribution in [3.05, 3.63) is 35.4 Å². The molecule has 0 aliphatic heterocycles. The van der Waals surface area contributed by atoms with Crippen LogP contribution in [-0.2, 0) is 4.79 Å². The third-order valence-electron chi connectivity index (χ3n) is 11.0.